The monoisotopic (exact) mass is 315 g/mol. The molecule has 2 nitrogen and oxygen atoms in total. The number of nitrogen functional groups attached to an aromatic ring is 1. The van der Waals surface area contributed by atoms with Crippen molar-refractivity contribution < 1.29 is 5.11 Å². The van der Waals surface area contributed by atoms with E-state index in [0.717, 1.165) is 0 Å². The molecular formula is C14H12Cl3NO. The number of benzene rings is 2. The van der Waals surface area contributed by atoms with E-state index in [2.05, 4.69) is 0 Å². The quantitative estimate of drug-likeness (QED) is 0.819. The van der Waals surface area contributed by atoms with Crippen molar-refractivity contribution in [3.63, 3.8) is 0 Å². The molecule has 2 aromatic carbocycles. The summed E-state index contributed by atoms with van der Waals surface area (Å²) in [6, 6.07) is 10.2. The molecule has 0 fully saturated rings. The molecule has 5 heteroatoms. The van der Waals surface area contributed by atoms with Crippen molar-refractivity contribution in [2.45, 2.75) is 12.5 Å². The number of hydrogen-bond donors (Lipinski definition) is 2. The van der Waals surface area contributed by atoms with Gasteiger partial charge in [0.1, 0.15) is 0 Å². The highest BCUT2D eigenvalue weighted by molar-refractivity contribution is 6.36. The molecule has 0 aromatic heterocycles. The number of nitrogens with two attached hydrogens (primary N) is 1. The Balaban J connectivity index is 2.28. The minimum atomic E-state index is -0.783. The van der Waals surface area contributed by atoms with Crippen molar-refractivity contribution in [1.29, 1.82) is 0 Å². The minimum Gasteiger partial charge on any atom is -0.398 e. The Bertz CT molecular complexity index is 581. The van der Waals surface area contributed by atoms with Gasteiger partial charge in [-0.05, 0) is 29.8 Å². The molecule has 0 spiro atoms. The third kappa shape index (κ3) is 3.34. The summed E-state index contributed by atoms with van der Waals surface area (Å²) in [7, 11) is 0. The van der Waals surface area contributed by atoms with Gasteiger partial charge >= 0.3 is 0 Å². The van der Waals surface area contributed by atoms with Crippen LogP contribution in [0.5, 0.6) is 0 Å². The van der Waals surface area contributed by atoms with Crippen LogP contribution in [0.3, 0.4) is 0 Å². The smallest absolute Gasteiger partial charge is 0.0851 e. The fourth-order valence-corrected chi connectivity index (χ4v) is 2.61. The number of hydrogen-bond acceptors (Lipinski definition) is 2. The molecule has 0 saturated carbocycles. The Kier molecular flexibility index (Phi) is 4.58. The molecule has 0 radical (unpaired) electrons. The predicted molar refractivity (Wildman–Crippen MR) is 81.0 cm³/mol. The molecule has 1 atom stereocenters. The molecule has 19 heavy (non-hydrogen) atoms. The normalized spacial score (nSPS) is 12.4. The van der Waals surface area contributed by atoms with E-state index in [1.807, 2.05) is 0 Å². The van der Waals surface area contributed by atoms with Crippen LogP contribution in [0.15, 0.2) is 36.4 Å². The maximum atomic E-state index is 10.3. The second-order valence-corrected chi connectivity index (χ2v) is 5.44. The highest BCUT2D eigenvalue weighted by atomic mass is 35.5. The first-order valence-corrected chi connectivity index (χ1v) is 6.78. The van der Waals surface area contributed by atoms with Gasteiger partial charge in [-0.15, -0.1) is 0 Å². The summed E-state index contributed by atoms with van der Waals surface area (Å²) >= 11 is 18.0. The van der Waals surface area contributed by atoms with E-state index < -0.39 is 6.10 Å². The van der Waals surface area contributed by atoms with Gasteiger partial charge in [-0.2, -0.15) is 0 Å². The molecule has 0 aliphatic carbocycles. The molecule has 3 N–H and O–H groups in total. The van der Waals surface area contributed by atoms with Gasteiger partial charge in [-0.3, -0.25) is 0 Å². The Morgan fingerprint density at radius 1 is 1.05 bits per heavy atom. The van der Waals surface area contributed by atoms with E-state index >= 15 is 0 Å². The summed E-state index contributed by atoms with van der Waals surface area (Å²) in [5.74, 6) is 0. The van der Waals surface area contributed by atoms with E-state index in [-0.39, 0.29) is 0 Å². The van der Waals surface area contributed by atoms with Crippen LogP contribution in [0.25, 0.3) is 0 Å². The summed E-state index contributed by atoms with van der Waals surface area (Å²) in [5.41, 5.74) is 7.60. The zero-order valence-electron chi connectivity index (χ0n) is 9.91. The van der Waals surface area contributed by atoms with Crippen molar-refractivity contribution in [3.05, 3.63) is 62.6 Å². The Morgan fingerprint density at radius 2 is 1.68 bits per heavy atom. The van der Waals surface area contributed by atoms with Gasteiger partial charge in [0.2, 0.25) is 0 Å². The SMILES string of the molecule is Nc1cc(Cl)ccc1C(O)Cc1c(Cl)cccc1Cl. The van der Waals surface area contributed by atoms with Crippen LogP contribution >= 0.6 is 34.8 Å². The third-order valence-electron chi connectivity index (χ3n) is 2.87. The summed E-state index contributed by atoms with van der Waals surface area (Å²) in [4.78, 5) is 0. The summed E-state index contributed by atoms with van der Waals surface area (Å²) in [6.45, 7) is 0. The molecule has 0 amide bonds. The lowest BCUT2D eigenvalue weighted by atomic mass is 10.00. The van der Waals surface area contributed by atoms with Crippen LogP contribution in [0, 0.1) is 0 Å². The summed E-state index contributed by atoms with van der Waals surface area (Å²) in [6.07, 6.45) is -0.487. The average molecular weight is 317 g/mol. The second-order valence-electron chi connectivity index (χ2n) is 4.19. The van der Waals surface area contributed by atoms with Crippen molar-refractivity contribution in [2.24, 2.45) is 0 Å². The standard InChI is InChI=1S/C14H12Cl3NO/c15-8-4-5-9(13(18)6-8)14(19)7-10-11(16)2-1-3-12(10)17/h1-6,14,19H,7,18H2. The van der Waals surface area contributed by atoms with Crippen LogP contribution in [0.2, 0.25) is 15.1 Å². The molecule has 2 aromatic rings. The maximum absolute atomic E-state index is 10.3. The lowest BCUT2D eigenvalue weighted by Gasteiger charge is -2.15. The largest absolute Gasteiger partial charge is 0.398 e. The van der Waals surface area contributed by atoms with E-state index in [4.69, 9.17) is 40.5 Å². The first kappa shape index (κ1) is 14.5. The minimum absolute atomic E-state index is 0.296. The van der Waals surface area contributed by atoms with Gasteiger partial charge in [0.25, 0.3) is 0 Å². The van der Waals surface area contributed by atoms with Gasteiger partial charge in [0.05, 0.1) is 6.10 Å². The maximum Gasteiger partial charge on any atom is 0.0851 e. The summed E-state index contributed by atoms with van der Waals surface area (Å²) < 4.78 is 0. The highest BCUT2D eigenvalue weighted by Gasteiger charge is 2.15. The fourth-order valence-electron chi connectivity index (χ4n) is 1.88. The van der Waals surface area contributed by atoms with E-state index in [1.165, 1.54) is 0 Å². The fraction of sp³-hybridized carbons (Fsp3) is 0.143. The summed E-state index contributed by atoms with van der Waals surface area (Å²) in [5, 5.41) is 11.8. The van der Waals surface area contributed by atoms with Gasteiger partial charge in [-0.25, -0.2) is 0 Å². The zero-order valence-corrected chi connectivity index (χ0v) is 12.2. The van der Waals surface area contributed by atoms with Gasteiger partial charge in [0.15, 0.2) is 0 Å². The van der Waals surface area contributed by atoms with Gasteiger partial charge < -0.3 is 10.8 Å². The molecule has 0 saturated heterocycles. The van der Waals surface area contributed by atoms with Gasteiger partial charge in [0, 0.05) is 32.7 Å². The number of anilines is 1. The van der Waals surface area contributed by atoms with Crippen LogP contribution in [0.4, 0.5) is 5.69 Å². The molecular weight excluding hydrogens is 305 g/mol. The topological polar surface area (TPSA) is 46.2 Å². The Hall–Kier alpha value is -0.930. The van der Waals surface area contributed by atoms with E-state index in [9.17, 15) is 5.11 Å². The third-order valence-corrected chi connectivity index (χ3v) is 3.81. The highest BCUT2D eigenvalue weighted by Crippen LogP contribution is 2.31. The first-order chi connectivity index (χ1) is 8.99. The molecule has 0 heterocycles. The van der Waals surface area contributed by atoms with E-state index in [1.54, 1.807) is 36.4 Å². The Morgan fingerprint density at radius 3 is 2.26 bits per heavy atom. The predicted octanol–water partition coefficient (Wildman–Crippen LogP) is 4.51. The lowest BCUT2D eigenvalue weighted by Crippen LogP contribution is -2.06. The van der Waals surface area contributed by atoms with Gasteiger partial charge in [-0.1, -0.05) is 46.9 Å². The molecule has 0 aliphatic heterocycles. The first-order valence-electron chi connectivity index (χ1n) is 5.65. The van der Waals surface area contributed by atoms with Crippen LogP contribution in [0.1, 0.15) is 17.2 Å². The number of halogens is 3. The second kappa shape index (κ2) is 6.02. The van der Waals surface area contributed by atoms with Crippen LogP contribution in [-0.2, 0) is 6.42 Å². The van der Waals surface area contributed by atoms with Crippen molar-refractivity contribution in [3.8, 4) is 0 Å². The number of aliphatic hydroxyl groups is 1. The number of rotatable bonds is 3. The molecule has 1 unspecified atom stereocenters. The molecule has 100 valence electrons. The van der Waals surface area contributed by atoms with Crippen molar-refractivity contribution in [1.82, 2.24) is 0 Å². The molecule has 0 aliphatic rings. The molecule has 0 bridgehead atoms. The van der Waals surface area contributed by atoms with Crippen molar-refractivity contribution in [2.75, 3.05) is 5.73 Å². The number of aliphatic hydroxyl groups excluding tert-OH is 1. The van der Waals surface area contributed by atoms with E-state index in [0.29, 0.717) is 38.3 Å². The lowest BCUT2D eigenvalue weighted by molar-refractivity contribution is 0.179. The zero-order chi connectivity index (χ0) is 14.0. The van der Waals surface area contributed by atoms with Crippen LogP contribution in [-0.4, -0.2) is 5.11 Å². The van der Waals surface area contributed by atoms with Crippen LogP contribution < -0.4 is 5.73 Å². The molecule has 2 rings (SSSR count). The Labute approximate surface area is 126 Å². The average Bonchev–Trinajstić information content (AvgIpc) is 2.33. The van der Waals surface area contributed by atoms with Crippen molar-refractivity contribution >= 4 is 40.5 Å².